The highest BCUT2D eigenvalue weighted by Crippen LogP contribution is 2.14. The monoisotopic (exact) mass is 276 g/mol. The molecule has 0 saturated heterocycles. The Morgan fingerprint density at radius 3 is 2.75 bits per heavy atom. The zero-order valence-corrected chi connectivity index (χ0v) is 11.2. The third kappa shape index (κ3) is 3.78. The molecule has 20 heavy (non-hydrogen) atoms. The number of rotatable bonds is 7. The van der Waals surface area contributed by atoms with Gasteiger partial charge in [0.15, 0.2) is 5.82 Å². The van der Waals surface area contributed by atoms with Crippen LogP contribution in [-0.2, 0) is 24.4 Å². The maximum atomic E-state index is 10.6. The summed E-state index contributed by atoms with van der Waals surface area (Å²) >= 11 is 0. The Morgan fingerprint density at radius 1 is 1.35 bits per heavy atom. The van der Waals surface area contributed by atoms with Crippen molar-refractivity contribution >= 4 is 5.97 Å². The van der Waals surface area contributed by atoms with Crippen molar-refractivity contribution in [2.45, 2.75) is 32.9 Å². The summed E-state index contributed by atoms with van der Waals surface area (Å²) in [6.45, 7) is 3.09. The molecule has 2 rings (SSSR count). The molecule has 0 unspecified atom stereocenters. The first-order chi connectivity index (χ1) is 9.69. The number of hydrogen-bond donors (Lipinski definition) is 1. The zero-order valence-electron chi connectivity index (χ0n) is 11.2. The summed E-state index contributed by atoms with van der Waals surface area (Å²) in [6.07, 6.45) is 0.955. The van der Waals surface area contributed by atoms with Crippen molar-refractivity contribution < 1.29 is 14.6 Å². The number of carbonyl (C=O) groups is 1. The van der Waals surface area contributed by atoms with E-state index in [1.165, 1.54) is 0 Å². The quantitative estimate of drug-likeness (QED) is 0.819. The number of tetrazole rings is 1. The number of benzene rings is 1. The molecule has 7 nitrogen and oxygen atoms in total. The van der Waals surface area contributed by atoms with Crippen LogP contribution in [0.15, 0.2) is 24.3 Å². The van der Waals surface area contributed by atoms with E-state index < -0.39 is 5.97 Å². The molecule has 7 heteroatoms. The first-order valence-electron chi connectivity index (χ1n) is 6.37. The SMILES string of the molecule is CCCn1nnnc1COc1ccc(CC(=O)O)cc1. The predicted octanol–water partition coefficient (Wildman–Crippen LogP) is 1.29. The summed E-state index contributed by atoms with van der Waals surface area (Å²) in [4.78, 5) is 10.6. The van der Waals surface area contributed by atoms with Gasteiger partial charge in [-0.2, -0.15) is 0 Å². The van der Waals surface area contributed by atoms with Gasteiger partial charge >= 0.3 is 5.97 Å². The Balaban J connectivity index is 1.93. The zero-order chi connectivity index (χ0) is 14.4. The van der Waals surface area contributed by atoms with Crippen molar-refractivity contribution in [1.29, 1.82) is 0 Å². The van der Waals surface area contributed by atoms with Crippen LogP contribution in [-0.4, -0.2) is 31.3 Å². The normalized spacial score (nSPS) is 10.4. The van der Waals surface area contributed by atoms with Gasteiger partial charge in [0, 0.05) is 6.54 Å². The Morgan fingerprint density at radius 2 is 2.10 bits per heavy atom. The Bertz CT molecular complexity index is 565. The highest BCUT2D eigenvalue weighted by atomic mass is 16.5. The van der Waals surface area contributed by atoms with Crippen LogP contribution in [0.1, 0.15) is 24.7 Å². The van der Waals surface area contributed by atoms with Crippen molar-refractivity contribution in [2.24, 2.45) is 0 Å². The molecule has 0 aliphatic heterocycles. The van der Waals surface area contributed by atoms with Crippen LogP contribution in [0.2, 0.25) is 0 Å². The number of aliphatic carboxylic acids is 1. The minimum Gasteiger partial charge on any atom is -0.486 e. The van der Waals surface area contributed by atoms with Gasteiger partial charge < -0.3 is 9.84 Å². The van der Waals surface area contributed by atoms with Gasteiger partial charge in [-0.25, -0.2) is 4.68 Å². The smallest absolute Gasteiger partial charge is 0.307 e. The first-order valence-corrected chi connectivity index (χ1v) is 6.37. The van der Waals surface area contributed by atoms with Crippen LogP contribution >= 0.6 is 0 Å². The van der Waals surface area contributed by atoms with Gasteiger partial charge in [-0.15, -0.1) is 5.10 Å². The van der Waals surface area contributed by atoms with E-state index in [1.54, 1.807) is 28.9 Å². The van der Waals surface area contributed by atoms with E-state index in [0.29, 0.717) is 11.6 Å². The minimum atomic E-state index is -0.850. The molecule has 1 aromatic carbocycles. The van der Waals surface area contributed by atoms with Gasteiger partial charge in [0.25, 0.3) is 0 Å². The molecule has 0 amide bonds. The minimum absolute atomic E-state index is 0.00895. The molecule has 0 spiro atoms. The lowest BCUT2D eigenvalue weighted by molar-refractivity contribution is -0.136. The van der Waals surface area contributed by atoms with E-state index in [1.807, 2.05) is 6.92 Å². The fraction of sp³-hybridized carbons (Fsp3) is 0.385. The second-order valence-corrected chi connectivity index (χ2v) is 4.32. The lowest BCUT2D eigenvalue weighted by Gasteiger charge is -2.06. The average Bonchev–Trinajstić information content (AvgIpc) is 2.85. The van der Waals surface area contributed by atoms with Crippen molar-refractivity contribution in [3.8, 4) is 5.75 Å². The number of carboxylic acid groups (broad SMARTS) is 1. The largest absolute Gasteiger partial charge is 0.486 e. The van der Waals surface area contributed by atoms with Crippen molar-refractivity contribution in [1.82, 2.24) is 20.2 Å². The molecule has 0 aliphatic carbocycles. The van der Waals surface area contributed by atoms with Crippen molar-refractivity contribution in [3.05, 3.63) is 35.7 Å². The molecular weight excluding hydrogens is 260 g/mol. The number of carboxylic acids is 1. The Hall–Kier alpha value is -2.44. The van der Waals surface area contributed by atoms with Gasteiger partial charge in [0.05, 0.1) is 6.42 Å². The van der Waals surface area contributed by atoms with Gasteiger partial charge in [-0.3, -0.25) is 4.79 Å². The highest BCUT2D eigenvalue weighted by molar-refractivity contribution is 5.70. The van der Waals surface area contributed by atoms with Crippen LogP contribution in [0.25, 0.3) is 0 Å². The van der Waals surface area contributed by atoms with Crippen LogP contribution < -0.4 is 4.74 Å². The standard InChI is InChI=1S/C13H16N4O3/c1-2-7-17-12(14-15-16-17)9-20-11-5-3-10(4-6-11)8-13(18)19/h3-6H,2,7-9H2,1H3,(H,18,19). The van der Waals surface area contributed by atoms with Gasteiger partial charge in [-0.1, -0.05) is 19.1 Å². The second kappa shape index (κ2) is 6.65. The lowest BCUT2D eigenvalue weighted by Crippen LogP contribution is -2.08. The lowest BCUT2D eigenvalue weighted by atomic mass is 10.1. The van der Waals surface area contributed by atoms with E-state index in [-0.39, 0.29) is 13.0 Å². The Kier molecular flexibility index (Phi) is 4.65. The van der Waals surface area contributed by atoms with E-state index in [4.69, 9.17) is 9.84 Å². The van der Waals surface area contributed by atoms with E-state index in [9.17, 15) is 4.79 Å². The van der Waals surface area contributed by atoms with Crippen molar-refractivity contribution in [3.63, 3.8) is 0 Å². The fourth-order valence-electron chi connectivity index (χ4n) is 1.74. The number of aromatic nitrogens is 4. The molecule has 1 N–H and O–H groups in total. The molecule has 0 radical (unpaired) electrons. The molecule has 0 saturated carbocycles. The van der Waals surface area contributed by atoms with Crippen LogP contribution in [0.3, 0.4) is 0 Å². The van der Waals surface area contributed by atoms with Crippen LogP contribution in [0.5, 0.6) is 5.75 Å². The summed E-state index contributed by atoms with van der Waals surface area (Å²) in [5.41, 5.74) is 0.737. The fourth-order valence-corrected chi connectivity index (χ4v) is 1.74. The first kappa shape index (κ1) is 14.0. The summed E-state index contributed by atoms with van der Waals surface area (Å²) in [5.74, 6) is 0.476. The molecule has 0 atom stereocenters. The molecule has 0 fully saturated rings. The maximum Gasteiger partial charge on any atom is 0.307 e. The van der Waals surface area contributed by atoms with Gasteiger partial charge in [0.1, 0.15) is 12.4 Å². The molecule has 1 heterocycles. The summed E-state index contributed by atoms with van der Waals surface area (Å²) in [7, 11) is 0. The number of nitrogens with zero attached hydrogens (tertiary/aromatic N) is 4. The molecule has 2 aromatic rings. The third-order valence-corrected chi connectivity index (χ3v) is 2.69. The van der Waals surface area contributed by atoms with Crippen molar-refractivity contribution in [2.75, 3.05) is 0 Å². The number of aryl methyl sites for hydroxylation is 1. The molecule has 1 aromatic heterocycles. The second-order valence-electron chi connectivity index (χ2n) is 4.32. The summed E-state index contributed by atoms with van der Waals surface area (Å²) in [6, 6.07) is 6.95. The molecule has 106 valence electrons. The summed E-state index contributed by atoms with van der Waals surface area (Å²) in [5, 5.41) is 20.1. The van der Waals surface area contributed by atoms with E-state index >= 15 is 0 Å². The molecular formula is C13H16N4O3. The average molecular weight is 276 g/mol. The summed E-state index contributed by atoms with van der Waals surface area (Å²) < 4.78 is 7.29. The van der Waals surface area contributed by atoms with E-state index in [2.05, 4.69) is 15.5 Å². The van der Waals surface area contributed by atoms with Gasteiger partial charge in [0.2, 0.25) is 0 Å². The van der Waals surface area contributed by atoms with E-state index in [0.717, 1.165) is 18.5 Å². The molecule has 0 aliphatic rings. The maximum absolute atomic E-state index is 10.6. The van der Waals surface area contributed by atoms with Gasteiger partial charge in [-0.05, 0) is 34.5 Å². The number of ether oxygens (including phenoxy) is 1. The molecule has 0 bridgehead atoms. The predicted molar refractivity (Wildman–Crippen MR) is 70.2 cm³/mol. The van der Waals surface area contributed by atoms with Crippen LogP contribution in [0.4, 0.5) is 0 Å². The topological polar surface area (TPSA) is 90.1 Å². The number of hydrogen-bond acceptors (Lipinski definition) is 5. The van der Waals surface area contributed by atoms with Crippen LogP contribution in [0, 0.1) is 0 Å². The highest BCUT2D eigenvalue weighted by Gasteiger charge is 2.06. The third-order valence-electron chi connectivity index (χ3n) is 2.69. The Labute approximate surface area is 116 Å².